The summed E-state index contributed by atoms with van der Waals surface area (Å²) in [6.07, 6.45) is 1.03. The van der Waals surface area contributed by atoms with E-state index in [0.29, 0.717) is 5.92 Å². The molecule has 19 heavy (non-hydrogen) atoms. The number of rotatable bonds is 2. The molecule has 1 aliphatic heterocycles. The average Bonchev–Trinajstić information content (AvgIpc) is 2.93. The van der Waals surface area contributed by atoms with Crippen molar-refractivity contribution in [3.05, 3.63) is 24.0 Å². The lowest BCUT2D eigenvalue weighted by Gasteiger charge is -2.28. The van der Waals surface area contributed by atoms with Crippen molar-refractivity contribution in [2.45, 2.75) is 38.6 Å². The van der Waals surface area contributed by atoms with Crippen LogP contribution in [0.5, 0.6) is 0 Å². The van der Waals surface area contributed by atoms with E-state index in [9.17, 15) is 0 Å². The largest absolute Gasteiger partial charge is 0.399 e. The summed E-state index contributed by atoms with van der Waals surface area (Å²) < 4.78 is 7.98. The van der Waals surface area contributed by atoms with Gasteiger partial charge < -0.3 is 15.0 Å². The maximum Gasteiger partial charge on any atom is 0.113 e. The number of imidazole rings is 1. The molecule has 102 valence electrons. The zero-order valence-corrected chi connectivity index (χ0v) is 11.8. The number of fused-ring (bicyclic) bond motifs is 1. The van der Waals surface area contributed by atoms with Crippen LogP contribution in [0.3, 0.4) is 0 Å². The summed E-state index contributed by atoms with van der Waals surface area (Å²) in [5.41, 5.74) is 8.78. The molecule has 4 nitrogen and oxygen atoms in total. The van der Waals surface area contributed by atoms with Crippen LogP contribution in [-0.4, -0.2) is 22.8 Å². The van der Waals surface area contributed by atoms with E-state index in [1.54, 1.807) is 0 Å². The minimum atomic E-state index is 0.00443. The Morgan fingerprint density at radius 1 is 1.42 bits per heavy atom. The third kappa shape index (κ3) is 1.91. The molecular formula is C15H21N3O. The van der Waals surface area contributed by atoms with Crippen molar-refractivity contribution in [1.29, 1.82) is 0 Å². The Morgan fingerprint density at radius 2 is 2.21 bits per heavy atom. The fourth-order valence-corrected chi connectivity index (χ4v) is 2.90. The monoisotopic (exact) mass is 259 g/mol. The van der Waals surface area contributed by atoms with Crippen LogP contribution in [0.2, 0.25) is 0 Å². The van der Waals surface area contributed by atoms with E-state index in [-0.39, 0.29) is 5.54 Å². The summed E-state index contributed by atoms with van der Waals surface area (Å²) >= 11 is 0. The first-order valence-electron chi connectivity index (χ1n) is 6.87. The Balaban J connectivity index is 2.28. The second-order valence-electron chi connectivity index (χ2n) is 6.01. The predicted octanol–water partition coefficient (Wildman–Crippen LogP) is 2.88. The Morgan fingerprint density at radius 3 is 2.84 bits per heavy atom. The van der Waals surface area contributed by atoms with E-state index in [1.165, 1.54) is 0 Å². The van der Waals surface area contributed by atoms with Crippen LogP contribution in [-0.2, 0) is 10.3 Å². The molecule has 2 N–H and O–H groups in total. The third-order valence-corrected chi connectivity index (χ3v) is 3.96. The Bertz CT molecular complexity index is 609. The molecule has 2 heterocycles. The quantitative estimate of drug-likeness (QED) is 0.844. The van der Waals surface area contributed by atoms with E-state index in [2.05, 4.69) is 31.4 Å². The molecule has 3 rings (SSSR count). The molecule has 1 aromatic heterocycles. The van der Waals surface area contributed by atoms with E-state index in [1.807, 2.05) is 12.1 Å². The van der Waals surface area contributed by atoms with Crippen molar-refractivity contribution in [3.8, 4) is 0 Å². The van der Waals surface area contributed by atoms with Crippen molar-refractivity contribution in [2.24, 2.45) is 0 Å². The van der Waals surface area contributed by atoms with Gasteiger partial charge in [0.2, 0.25) is 0 Å². The lowest BCUT2D eigenvalue weighted by molar-refractivity contribution is 0.161. The van der Waals surface area contributed by atoms with Crippen molar-refractivity contribution in [1.82, 2.24) is 9.55 Å². The number of nitrogens with zero attached hydrogens (tertiary/aromatic N) is 2. The van der Waals surface area contributed by atoms with Gasteiger partial charge in [0.1, 0.15) is 5.82 Å². The number of benzene rings is 1. The highest BCUT2D eigenvalue weighted by atomic mass is 16.5. The lowest BCUT2D eigenvalue weighted by atomic mass is 9.99. The number of aromatic nitrogens is 2. The number of ether oxygens (including phenoxy) is 1. The van der Waals surface area contributed by atoms with Crippen molar-refractivity contribution in [3.63, 3.8) is 0 Å². The second-order valence-corrected chi connectivity index (χ2v) is 6.01. The van der Waals surface area contributed by atoms with Gasteiger partial charge in [0.05, 0.1) is 23.2 Å². The van der Waals surface area contributed by atoms with Gasteiger partial charge in [-0.2, -0.15) is 0 Å². The molecule has 4 heteroatoms. The van der Waals surface area contributed by atoms with E-state index in [0.717, 1.165) is 42.2 Å². The number of nitrogen functional groups attached to an aromatic ring is 1. The summed E-state index contributed by atoms with van der Waals surface area (Å²) in [4.78, 5) is 4.79. The van der Waals surface area contributed by atoms with Crippen LogP contribution < -0.4 is 5.73 Å². The van der Waals surface area contributed by atoms with Crippen molar-refractivity contribution in [2.75, 3.05) is 18.9 Å². The average molecular weight is 259 g/mol. The van der Waals surface area contributed by atoms with Gasteiger partial charge in [0.15, 0.2) is 0 Å². The Kier molecular flexibility index (Phi) is 2.78. The highest BCUT2D eigenvalue weighted by Gasteiger charge is 2.35. The van der Waals surface area contributed by atoms with Gasteiger partial charge in [-0.05, 0) is 31.5 Å². The minimum Gasteiger partial charge on any atom is -0.399 e. The number of hydrogen-bond donors (Lipinski definition) is 1. The number of nitrogens with two attached hydrogens (primary N) is 1. The van der Waals surface area contributed by atoms with Gasteiger partial charge >= 0.3 is 0 Å². The standard InChI is InChI=1S/C15H21N3O/c1-10(2)14-17-12-8-11(16)4-5-13(12)18(14)15(3)6-7-19-9-15/h4-5,8,10H,6-7,9,16H2,1-3H3. The van der Waals surface area contributed by atoms with E-state index < -0.39 is 0 Å². The van der Waals surface area contributed by atoms with Crippen molar-refractivity contribution >= 4 is 16.7 Å². The van der Waals surface area contributed by atoms with E-state index in [4.69, 9.17) is 15.5 Å². The van der Waals surface area contributed by atoms with Gasteiger partial charge in [-0.1, -0.05) is 13.8 Å². The molecule has 0 amide bonds. The first kappa shape index (κ1) is 12.5. The molecule has 2 aromatic rings. The summed E-state index contributed by atoms with van der Waals surface area (Å²) in [5.74, 6) is 1.50. The SMILES string of the molecule is CC(C)c1nc2cc(N)ccc2n1C1(C)CCOC1. The third-order valence-electron chi connectivity index (χ3n) is 3.96. The van der Waals surface area contributed by atoms with Gasteiger partial charge in [-0.15, -0.1) is 0 Å². The second kappa shape index (κ2) is 4.23. The lowest BCUT2D eigenvalue weighted by Crippen LogP contribution is -2.32. The van der Waals surface area contributed by atoms with Crippen LogP contribution >= 0.6 is 0 Å². The molecule has 1 atom stereocenters. The summed E-state index contributed by atoms with van der Waals surface area (Å²) in [6, 6.07) is 5.98. The fraction of sp³-hybridized carbons (Fsp3) is 0.533. The summed E-state index contributed by atoms with van der Waals surface area (Å²) in [6.45, 7) is 8.19. The Hall–Kier alpha value is -1.55. The molecule has 0 bridgehead atoms. The molecular weight excluding hydrogens is 238 g/mol. The maximum absolute atomic E-state index is 5.87. The normalized spacial score (nSPS) is 23.6. The molecule has 0 aliphatic carbocycles. The molecule has 0 spiro atoms. The predicted molar refractivity (Wildman–Crippen MR) is 77.3 cm³/mol. The zero-order valence-electron chi connectivity index (χ0n) is 11.8. The number of anilines is 1. The molecule has 1 aromatic carbocycles. The highest BCUT2D eigenvalue weighted by molar-refractivity contribution is 5.80. The maximum atomic E-state index is 5.87. The molecule has 0 radical (unpaired) electrons. The minimum absolute atomic E-state index is 0.00443. The molecule has 1 aliphatic rings. The van der Waals surface area contributed by atoms with Gasteiger partial charge in [-0.3, -0.25) is 0 Å². The van der Waals surface area contributed by atoms with Crippen LogP contribution in [0.1, 0.15) is 38.9 Å². The van der Waals surface area contributed by atoms with Crippen molar-refractivity contribution < 1.29 is 4.74 Å². The zero-order chi connectivity index (χ0) is 13.6. The fourth-order valence-electron chi connectivity index (χ4n) is 2.90. The van der Waals surface area contributed by atoms with Crippen LogP contribution in [0, 0.1) is 0 Å². The van der Waals surface area contributed by atoms with Crippen LogP contribution in [0.4, 0.5) is 5.69 Å². The molecule has 1 fully saturated rings. The highest BCUT2D eigenvalue weighted by Crippen LogP contribution is 2.35. The summed E-state index contributed by atoms with van der Waals surface area (Å²) in [7, 11) is 0. The Labute approximate surface area is 113 Å². The topological polar surface area (TPSA) is 53.1 Å². The smallest absolute Gasteiger partial charge is 0.113 e. The van der Waals surface area contributed by atoms with Crippen LogP contribution in [0.25, 0.3) is 11.0 Å². The number of hydrogen-bond acceptors (Lipinski definition) is 3. The van der Waals surface area contributed by atoms with E-state index >= 15 is 0 Å². The molecule has 1 saturated heterocycles. The van der Waals surface area contributed by atoms with Gasteiger partial charge in [0, 0.05) is 18.2 Å². The molecule has 1 unspecified atom stereocenters. The molecule has 0 saturated carbocycles. The first-order valence-corrected chi connectivity index (χ1v) is 6.87. The van der Waals surface area contributed by atoms with Gasteiger partial charge in [0.25, 0.3) is 0 Å². The summed E-state index contributed by atoms with van der Waals surface area (Å²) in [5, 5.41) is 0. The first-order chi connectivity index (χ1) is 9.01. The van der Waals surface area contributed by atoms with Crippen LogP contribution in [0.15, 0.2) is 18.2 Å². The van der Waals surface area contributed by atoms with Gasteiger partial charge in [-0.25, -0.2) is 4.98 Å².